The summed E-state index contributed by atoms with van der Waals surface area (Å²) in [5.41, 5.74) is 3.65. The average Bonchev–Trinajstić information content (AvgIpc) is 2.72. The van der Waals surface area contributed by atoms with Crippen molar-refractivity contribution in [2.75, 3.05) is 27.3 Å². The van der Waals surface area contributed by atoms with Crippen LogP contribution in [0, 0.1) is 0 Å². The minimum absolute atomic E-state index is 0.276. The number of aromatic nitrogens is 1. The maximum atomic E-state index is 10.1. The number of hydrogen-bond donors (Lipinski definition) is 1. The Morgan fingerprint density at radius 1 is 1.14 bits per heavy atom. The summed E-state index contributed by atoms with van der Waals surface area (Å²) in [5.74, 6) is 1.45. The van der Waals surface area contributed by atoms with Gasteiger partial charge in [-0.15, -0.1) is 0 Å². The van der Waals surface area contributed by atoms with E-state index < -0.39 is 0 Å². The van der Waals surface area contributed by atoms with E-state index in [1.54, 1.807) is 14.2 Å². The number of benzene rings is 2. The maximum absolute atomic E-state index is 10.1. The van der Waals surface area contributed by atoms with Crippen LogP contribution < -0.4 is 9.47 Å². The van der Waals surface area contributed by atoms with Crippen LogP contribution in [0.5, 0.6) is 11.5 Å². The molecule has 2 heterocycles. The van der Waals surface area contributed by atoms with E-state index in [2.05, 4.69) is 11.0 Å². The zero-order valence-corrected chi connectivity index (χ0v) is 17.4. The van der Waals surface area contributed by atoms with Crippen LogP contribution in [-0.2, 0) is 6.54 Å². The van der Waals surface area contributed by atoms with Crippen molar-refractivity contribution in [3.8, 4) is 22.8 Å². The Bertz CT molecular complexity index is 1020. The Balaban J connectivity index is 1.89. The van der Waals surface area contributed by atoms with Crippen molar-refractivity contribution in [1.29, 1.82) is 0 Å². The fraction of sp³-hybridized carbons (Fsp3) is 0.348. The number of hydrogen-bond acceptors (Lipinski definition) is 5. The molecule has 6 heteroatoms. The number of halogens is 1. The lowest BCUT2D eigenvalue weighted by Gasteiger charge is -2.30. The van der Waals surface area contributed by atoms with Gasteiger partial charge in [-0.05, 0) is 55.3 Å². The maximum Gasteiger partial charge on any atom is 0.145 e. The summed E-state index contributed by atoms with van der Waals surface area (Å²) < 4.78 is 11.1. The number of methoxy groups -OCH3 is 2. The molecule has 152 valence electrons. The number of aliphatic hydroxyl groups is 1. The smallest absolute Gasteiger partial charge is 0.145 e. The van der Waals surface area contributed by atoms with E-state index in [4.69, 9.17) is 26.1 Å². The molecule has 1 saturated heterocycles. The highest BCUT2D eigenvalue weighted by Gasteiger charge is 2.21. The van der Waals surface area contributed by atoms with Crippen molar-refractivity contribution in [2.45, 2.75) is 25.5 Å². The van der Waals surface area contributed by atoms with Gasteiger partial charge in [0, 0.05) is 29.1 Å². The van der Waals surface area contributed by atoms with Gasteiger partial charge in [0.05, 0.1) is 26.0 Å². The van der Waals surface area contributed by atoms with Crippen molar-refractivity contribution in [2.24, 2.45) is 0 Å². The molecule has 0 amide bonds. The van der Waals surface area contributed by atoms with Crippen LogP contribution in [0.4, 0.5) is 0 Å². The molecule has 4 rings (SSSR count). The molecule has 5 nitrogen and oxygen atoms in total. The standard InChI is InChI=1S/C23H25ClN2O3/c1-28-20-8-9-21(29-2)23-19(20)12-16(13-26-10-4-7-18(27)14-26)22(25-23)15-5-3-6-17(24)11-15/h3,5-6,8-9,11-12,18,27H,4,7,10,13-14H2,1-2H3. The summed E-state index contributed by atoms with van der Waals surface area (Å²) in [5, 5.41) is 11.7. The predicted octanol–water partition coefficient (Wildman–Crippen LogP) is 4.53. The van der Waals surface area contributed by atoms with E-state index in [0.717, 1.165) is 52.9 Å². The highest BCUT2D eigenvalue weighted by atomic mass is 35.5. The number of aliphatic hydroxyl groups excluding tert-OH is 1. The van der Waals surface area contributed by atoms with Gasteiger partial charge in [-0.1, -0.05) is 23.7 Å². The second-order valence-electron chi connectivity index (χ2n) is 7.40. The molecule has 0 spiro atoms. The molecule has 1 aliphatic rings. The zero-order chi connectivity index (χ0) is 20.4. The van der Waals surface area contributed by atoms with E-state index in [-0.39, 0.29) is 6.10 Å². The molecule has 1 atom stereocenters. The third-order valence-corrected chi connectivity index (χ3v) is 5.63. The number of pyridine rings is 1. The van der Waals surface area contributed by atoms with Crippen LogP contribution in [0.25, 0.3) is 22.2 Å². The van der Waals surface area contributed by atoms with Gasteiger partial charge in [0.1, 0.15) is 17.0 Å². The third-order valence-electron chi connectivity index (χ3n) is 5.40. The fourth-order valence-electron chi connectivity index (χ4n) is 4.02. The van der Waals surface area contributed by atoms with Crippen LogP contribution in [0.2, 0.25) is 5.02 Å². The van der Waals surface area contributed by atoms with E-state index >= 15 is 0 Å². The minimum atomic E-state index is -0.276. The number of rotatable bonds is 5. The lowest BCUT2D eigenvalue weighted by Crippen LogP contribution is -2.37. The van der Waals surface area contributed by atoms with Crippen LogP contribution in [-0.4, -0.2) is 48.4 Å². The number of nitrogens with zero attached hydrogens (tertiary/aromatic N) is 2. The molecule has 0 radical (unpaired) electrons. The molecule has 29 heavy (non-hydrogen) atoms. The fourth-order valence-corrected chi connectivity index (χ4v) is 4.21. The second kappa shape index (κ2) is 8.57. The van der Waals surface area contributed by atoms with Gasteiger partial charge in [0.2, 0.25) is 0 Å². The molecular weight excluding hydrogens is 388 g/mol. The summed E-state index contributed by atoms with van der Waals surface area (Å²) in [6.07, 6.45) is 1.58. The zero-order valence-electron chi connectivity index (χ0n) is 16.7. The van der Waals surface area contributed by atoms with Crippen LogP contribution in [0.3, 0.4) is 0 Å². The van der Waals surface area contributed by atoms with Crippen LogP contribution >= 0.6 is 11.6 Å². The van der Waals surface area contributed by atoms with E-state index in [0.29, 0.717) is 23.9 Å². The summed E-state index contributed by atoms with van der Waals surface area (Å²) in [4.78, 5) is 7.27. The molecule has 1 N–H and O–H groups in total. The van der Waals surface area contributed by atoms with Crippen molar-refractivity contribution < 1.29 is 14.6 Å². The molecule has 1 aliphatic heterocycles. The van der Waals surface area contributed by atoms with Gasteiger partial charge >= 0.3 is 0 Å². The first-order valence-corrected chi connectivity index (χ1v) is 10.2. The van der Waals surface area contributed by atoms with Gasteiger partial charge in [-0.2, -0.15) is 0 Å². The first kappa shape index (κ1) is 20.0. The Hall–Kier alpha value is -2.34. The van der Waals surface area contributed by atoms with E-state index in [1.165, 1.54) is 0 Å². The Morgan fingerprint density at radius 3 is 2.66 bits per heavy atom. The number of ether oxygens (including phenoxy) is 2. The highest BCUT2D eigenvalue weighted by molar-refractivity contribution is 6.30. The quantitative estimate of drug-likeness (QED) is 0.667. The van der Waals surface area contributed by atoms with Gasteiger partial charge in [0.25, 0.3) is 0 Å². The lowest BCUT2D eigenvalue weighted by molar-refractivity contribution is 0.0669. The second-order valence-corrected chi connectivity index (χ2v) is 7.84. The highest BCUT2D eigenvalue weighted by Crippen LogP contribution is 2.36. The third kappa shape index (κ3) is 4.17. The lowest BCUT2D eigenvalue weighted by atomic mass is 10.0. The van der Waals surface area contributed by atoms with Gasteiger partial charge in [-0.3, -0.25) is 4.90 Å². The number of piperidine rings is 1. The molecule has 1 fully saturated rings. The largest absolute Gasteiger partial charge is 0.496 e. The van der Waals surface area contributed by atoms with Gasteiger partial charge < -0.3 is 14.6 Å². The minimum Gasteiger partial charge on any atom is -0.496 e. The first-order valence-electron chi connectivity index (χ1n) is 9.80. The Kier molecular flexibility index (Phi) is 5.90. The van der Waals surface area contributed by atoms with Crippen LogP contribution in [0.15, 0.2) is 42.5 Å². The first-order chi connectivity index (χ1) is 14.1. The Labute approximate surface area is 175 Å². The number of fused-ring (bicyclic) bond motifs is 1. The monoisotopic (exact) mass is 412 g/mol. The molecule has 0 aliphatic carbocycles. The van der Waals surface area contributed by atoms with Crippen molar-refractivity contribution in [1.82, 2.24) is 9.88 Å². The molecule has 1 aromatic heterocycles. The van der Waals surface area contributed by atoms with Crippen molar-refractivity contribution in [3.05, 3.63) is 53.1 Å². The molecule has 1 unspecified atom stereocenters. The van der Waals surface area contributed by atoms with Crippen molar-refractivity contribution in [3.63, 3.8) is 0 Å². The Morgan fingerprint density at radius 2 is 1.93 bits per heavy atom. The molecule has 2 aromatic carbocycles. The number of likely N-dealkylation sites (tertiary alicyclic amines) is 1. The molecule has 0 saturated carbocycles. The molecule has 3 aromatic rings. The average molecular weight is 413 g/mol. The molecular formula is C23H25ClN2O3. The topological polar surface area (TPSA) is 54.8 Å². The SMILES string of the molecule is COc1ccc(OC)c2nc(-c3cccc(Cl)c3)c(CN3CCCC(O)C3)cc12. The summed E-state index contributed by atoms with van der Waals surface area (Å²) in [6, 6.07) is 13.6. The van der Waals surface area contributed by atoms with E-state index in [9.17, 15) is 5.11 Å². The van der Waals surface area contributed by atoms with Gasteiger partial charge in [0.15, 0.2) is 0 Å². The number of β-amino-alcohol motifs (C(OH)–C–C–N with tert-alkyl or cyclic N) is 1. The summed E-state index contributed by atoms with van der Waals surface area (Å²) in [6.45, 7) is 2.32. The van der Waals surface area contributed by atoms with E-state index in [1.807, 2.05) is 36.4 Å². The molecule has 0 bridgehead atoms. The predicted molar refractivity (Wildman–Crippen MR) is 116 cm³/mol. The van der Waals surface area contributed by atoms with Crippen molar-refractivity contribution >= 4 is 22.5 Å². The van der Waals surface area contributed by atoms with Crippen LogP contribution in [0.1, 0.15) is 18.4 Å². The van der Waals surface area contributed by atoms with Gasteiger partial charge in [-0.25, -0.2) is 4.98 Å². The summed E-state index contributed by atoms with van der Waals surface area (Å²) in [7, 11) is 3.30. The normalized spacial score (nSPS) is 17.4. The summed E-state index contributed by atoms with van der Waals surface area (Å²) >= 11 is 6.27.